The molecule has 4 aliphatic heterocycles. The number of nitrogens with one attached hydrogen (secondary N) is 1. The fourth-order valence-electron chi connectivity index (χ4n) is 4.47. The Balaban J connectivity index is 1.40. The van der Waals surface area contributed by atoms with Gasteiger partial charge in [0.1, 0.15) is 12.6 Å². The minimum atomic E-state index is -1.65. The molecule has 9 heteroatoms. The predicted molar refractivity (Wildman–Crippen MR) is 119 cm³/mol. The predicted octanol–water partition coefficient (Wildman–Crippen LogP) is 2.70. The van der Waals surface area contributed by atoms with Crippen molar-refractivity contribution in [3.63, 3.8) is 0 Å². The number of hydrogen-bond acceptors (Lipinski definition) is 7. The molecule has 3 amide bonds. The average molecular weight is 466 g/mol. The lowest BCUT2D eigenvalue weighted by atomic mass is 9.90. The molecule has 2 aromatic rings. The van der Waals surface area contributed by atoms with Crippen molar-refractivity contribution in [2.75, 3.05) is 19.8 Å². The Labute approximate surface area is 196 Å². The first-order valence-electron chi connectivity index (χ1n) is 11.2. The van der Waals surface area contributed by atoms with Crippen molar-refractivity contribution in [2.45, 2.75) is 38.5 Å². The van der Waals surface area contributed by atoms with Gasteiger partial charge >= 0.3 is 12.1 Å². The van der Waals surface area contributed by atoms with Gasteiger partial charge in [0.2, 0.25) is 0 Å². The van der Waals surface area contributed by atoms with Crippen LogP contribution in [0.2, 0.25) is 0 Å². The molecule has 34 heavy (non-hydrogen) atoms. The first-order chi connectivity index (χ1) is 16.3. The SMILES string of the molecule is C[C@@H]([C@H](NC(=O)OCc1ccccc1)C12OCC(C)(CO1)CO2)N1C(=O)c2ccccc2C1=O. The Bertz CT molecular complexity index is 1060. The first-order valence-corrected chi connectivity index (χ1v) is 11.2. The Morgan fingerprint density at radius 3 is 2.06 bits per heavy atom. The second-order valence-electron chi connectivity index (χ2n) is 9.23. The zero-order valence-corrected chi connectivity index (χ0v) is 19.0. The average Bonchev–Trinajstić information content (AvgIpc) is 3.12. The quantitative estimate of drug-likeness (QED) is 0.653. The van der Waals surface area contributed by atoms with E-state index in [-0.39, 0.29) is 12.0 Å². The number of amides is 3. The van der Waals surface area contributed by atoms with Crippen molar-refractivity contribution in [2.24, 2.45) is 5.41 Å². The minimum absolute atomic E-state index is 0.0500. The number of carbonyl (C=O) groups is 3. The van der Waals surface area contributed by atoms with Crippen LogP contribution >= 0.6 is 0 Å². The van der Waals surface area contributed by atoms with E-state index in [0.717, 1.165) is 10.5 Å². The molecule has 2 bridgehead atoms. The summed E-state index contributed by atoms with van der Waals surface area (Å²) >= 11 is 0. The molecule has 2 aromatic carbocycles. The third-order valence-electron chi connectivity index (χ3n) is 6.45. The summed E-state index contributed by atoms with van der Waals surface area (Å²) < 4.78 is 23.3. The minimum Gasteiger partial charge on any atom is -0.445 e. The van der Waals surface area contributed by atoms with Gasteiger partial charge in [0.15, 0.2) is 0 Å². The van der Waals surface area contributed by atoms with Gasteiger partial charge in [-0.05, 0) is 24.6 Å². The third-order valence-corrected chi connectivity index (χ3v) is 6.45. The monoisotopic (exact) mass is 466 g/mol. The van der Waals surface area contributed by atoms with Gasteiger partial charge in [-0.25, -0.2) is 4.79 Å². The Morgan fingerprint density at radius 1 is 0.971 bits per heavy atom. The summed E-state index contributed by atoms with van der Waals surface area (Å²) in [5.74, 6) is -2.56. The molecule has 4 aliphatic rings. The van der Waals surface area contributed by atoms with E-state index in [1.165, 1.54) is 0 Å². The Kier molecular flexibility index (Phi) is 5.63. The van der Waals surface area contributed by atoms with E-state index >= 15 is 0 Å². The summed E-state index contributed by atoms with van der Waals surface area (Å²) in [6.07, 6.45) is -0.749. The first kappa shape index (κ1) is 22.5. The number of alkyl carbamates (subject to hydrolysis) is 1. The maximum atomic E-state index is 13.1. The van der Waals surface area contributed by atoms with Gasteiger partial charge in [-0.1, -0.05) is 49.4 Å². The maximum Gasteiger partial charge on any atom is 0.408 e. The number of nitrogens with zero attached hydrogens (tertiary/aromatic N) is 1. The van der Waals surface area contributed by atoms with E-state index in [1.54, 1.807) is 31.2 Å². The molecule has 0 radical (unpaired) electrons. The fraction of sp³-hybridized carbons (Fsp3) is 0.400. The summed E-state index contributed by atoms with van der Waals surface area (Å²) in [7, 11) is 0. The highest BCUT2D eigenvalue weighted by atomic mass is 16.9. The molecular formula is C25H26N2O7. The van der Waals surface area contributed by atoms with Crippen molar-refractivity contribution in [1.29, 1.82) is 0 Å². The van der Waals surface area contributed by atoms with Gasteiger partial charge in [0, 0.05) is 5.41 Å². The van der Waals surface area contributed by atoms with Gasteiger partial charge in [-0.3, -0.25) is 14.5 Å². The highest BCUT2D eigenvalue weighted by Gasteiger charge is 2.59. The van der Waals surface area contributed by atoms with Crippen molar-refractivity contribution >= 4 is 17.9 Å². The number of hydrogen-bond donors (Lipinski definition) is 1. The molecule has 4 heterocycles. The van der Waals surface area contributed by atoms with Crippen LogP contribution in [0.3, 0.4) is 0 Å². The van der Waals surface area contributed by atoms with E-state index < -0.39 is 36.0 Å². The number of benzene rings is 2. The van der Waals surface area contributed by atoms with Gasteiger partial charge in [0.05, 0.1) is 37.0 Å². The summed E-state index contributed by atoms with van der Waals surface area (Å²) in [6, 6.07) is 13.9. The molecule has 0 aliphatic carbocycles. The molecule has 0 saturated carbocycles. The molecule has 3 saturated heterocycles. The molecule has 0 aromatic heterocycles. The molecule has 1 N–H and O–H groups in total. The van der Waals surface area contributed by atoms with E-state index in [1.807, 2.05) is 37.3 Å². The fourth-order valence-corrected chi connectivity index (χ4v) is 4.47. The summed E-state index contributed by atoms with van der Waals surface area (Å²) in [5, 5.41) is 2.75. The Morgan fingerprint density at radius 2 is 1.50 bits per heavy atom. The van der Waals surface area contributed by atoms with Gasteiger partial charge in [0.25, 0.3) is 11.8 Å². The van der Waals surface area contributed by atoms with Gasteiger partial charge in [-0.15, -0.1) is 0 Å². The topological polar surface area (TPSA) is 103 Å². The van der Waals surface area contributed by atoms with Crippen molar-refractivity contribution in [3.8, 4) is 0 Å². The van der Waals surface area contributed by atoms with Crippen LogP contribution in [0.15, 0.2) is 54.6 Å². The lowest BCUT2D eigenvalue weighted by molar-refractivity contribution is -0.475. The van der Waals surface area contributed by atoms with E-state index in [0.29, 0.717) is 30.9 Å². The lowest BCUT2D eigenvalue weighted by Crippen LogP contribution is -2.71. The number of fused-ring (bicyclic) bond motifs is 4. The zero-order valence-electron chi connectivity index (χ0n) is 19.0. The zero-order chi connectivity index (χ0) is 23.9. The van der Waals surface area contributed by atoms with Gasteiger partial charge < -0.3 is 24.3 Å². The van der Waals surface area contributed by atoms with Crippen LogP contribution < -0.4 is 5.32 Å². The normalized spacial score (nSPS) is 27.3. The van der Waals surface area contributed by atoms with Gasteiger partial charge in [-0.2, -0.15) is 0 Å². The maximum absolute atomic E-state index is 13.1. The van der Waals surface area contributed by atoms with Crippen molar-refractivity contribution in [3.05, 3.63) is 71.3 Å². The van der Waals surface area contributed by atoms with E-state index in [9.17, 15) is 14.4 Å². The van der Waals surface area contributed by atoms with Crippen LogP contribution in [-0.4, -0.2) is 60.7 Å². The molecule has 3 fully saturated rings. The molecule has 0 unspecified atom stereocenters. The molecule has 178 valence electrons. The van der Waals surface area contributed by atoms with E-state index in [2.05, 4.69) is 5.32 Å². The number of carbonyl (C=O) groups excluding carboxylic acids is 3. The van der Waals surface area contributed by atoms with Crippen molar-refractivity contribution in [1.82, 2.24) is 10.2 Å². The van der Waals surface area contributed by atoms with Crippen LogP contribution in [0.1, 0.15) is 40.1 Å². The molecule has 9 nitrogen and oxygen atoms in total. The third kappa shape index (κ3) is 3.85. The second kappa shape index (κ2) is 8.50. The molecule has 2 atom stereocenters. The highest BCUT2D eigenvalue weighted by molar-refractivity contribution is 6.21. The van der Waals surface area contributed by atoms with Crippen LogP contribution in [-0.2, 0) is 25.6 Å². The van der Waals surface area contributed by atoms with Crippen molar-refractivity contribution < 1.29 is 33.3 Å². The van der Waals surface area contributed by atoms with Crippen LogP contribution in [0, 0.1) is 5.41 Å². The summed E-state index contributed by atoms with van der Waals surface area (Å²) in [5.41, 5.74) is 1.13. The number of imide groups is 1. The highest BCUT2D eigenvalue weighted by Crippen LogP contribution is 2.41. The van der Waals surface area contributed by atoms with Crippen LogP contribution in [0.5, 0.6) is 0 Å². The Hall–Kier alpha value is -3.27. The number of rotatable bonds is 6. The lowest BCUT2D eigenvalue weighted by Gasteiger charge is -2.54. The summed E-state index contributed by atoms with van der Waals surface area (Å²) in [6.45, 7) is 4.71. The standard InChI is InChI=1S/C25H26N2O7/c1-16(27-21(28)18-10-6-7-11-19(18)22(27)29)20(25-32-13-24(2,14-33-25)15-34-25)26-23(30)31-12-17-8-4-3-5-9-17/h3-11,16,20H,12-15H2,1-2H3,(H,26,30)/t16-,20-,24?,25?/m0/s1. The smallest absolute Gasteiger partial charge is 0.408 e. The van der Waals surface area contributed by atoms with E-state index in [4.69, 9.17) is 18.9 Å². The largest absolute Gasteiger partial charge is 0.445 e. The number of ether oxygens (including phenoxy) is 4. The summed E-state index contributed by atoms with van der Waals surface area (Å²) in [4.78, 5) is 40.2. The molecule has 0 spiro atoms. The van der Waals surface area contributed by atoms with Crippen LogP contribution in [0.25, 0.3) is 0 Å². The molecular weight excluding hydrogens is 440 g/mol. The molecule has 6 rings (SSSR count). The van der Waals surface area contributed by atoms with Crippen LogP contribution in [0.4, 0.5) is 4.79 Å². The second-order valence-corrected chi connectivity index (χ2v) is 9.23.